The van der Waals surface area contributed by atoms with Crippen molar-refractivity contribution in [2.24, 2.45) is 0 Å². The topological polar surface area (TPSA) is 135 Å². The van der Waals surface area contributed by atoms with Gasteiger partial charge in [-0.05, 0) is 64.2 Å². The van der Waals surface area contributed by atoms with Crippen LogP contribution < -0.4 is 10.2 Å². The smallest absolute Gasteiger partial charge is 0.295 e. The molecule has 366 valence electrons. The summed E-state index contributed by atoms with van der Waals surface area (Å²) in [4.78, 5) is 19.8. The van der Waals surface area contributed by atoms with Crippen molar-refractivity contribution in [2.75, 3.05) is 49.3 Å². The van der Waals surface area contributed by atoms with E-state index in [0.29, 0.717) is 0 Å². The number of hydrogen-bond acceptors (Lipinski definition) is 6. The van der Waals surface area contributed by atoms with Gasteiger partial charge in [-0.25, -0.2) is 0 Å². The Morgan fingerprint density at radius 2 is 0.613 bits per heavy atom. The highest BCUT2D eigenvalue weighted by molar-refractivity contribution is 7.86. The summed E-state index contributed by atoms with van der Waals surface area (Å²) in [6.07, 6.45) is 53.9. The summed E-state index contributed by atoms with van der Waals surface area (Å²) >= 11 is 0. The van der Waals surface area contributed by atoms with Crippen LogP contribution in [0.4, 0.5) is 0 Å². The normalized spacial score (nSPS) is 11.8. The van der Waals surface area contributed by atoms with Gasteiger partial charge in [-0.2, -0.15) is 8.42 Å². The van der Waals surface area contributed by atoms with Crippen molar-refractivity contribution >= 4 is 36.6 Å². The third kappa shape index (κ3) is 31.7. The number of hydrogen-bond donors (Lipinski definition) is 1. The lowest BCUT2D eigenvalue weighted by Gasteiger charge is -2.28. The second-order valence-electron chi connectivity index (χ2n) is 18.3. The second-order valence-corrected chi connectivity index (χ2v) is 28.6. The lowest BCUT2D eigenvalue weighted by Crippen LogP contribution is -2.29. The summed E-state index contributed by atoms with van der Waals surface area (Å²) < 4.78 is 30.5. The van der Waals surface area contributed by atoms with Gasteiger partial charge in [0.1, 0.15) is 4.90 Å². The van der Waals surface area contributed by atoms with Crippen LogP contribution in [0.5, 0.6) is 0 Å². The van der Waals surface area contributed by atoms with Crippen molar-refractivity contribution in [2.45, 2.75) is 240 Å². The van der Waals surface area contributed by atoms with Crippen LogP contribution in [-0.2, 0) is 10.1 Å². The van der Waals surface area contributed by atoms with Crippen molar-refractivity contribution in [1.82, 2.24) is 0 Å². The number of carboxylic acid groups (broad SMARTS) is 2. The van der Waals surface area contributed by atoms with E-state index >= 15 is 0 Å². The summed E-state index contributed by atoms with van der Waals surface area (Å²) in [6, 6.07) is 2.58. The Hall–Kier alpha value is -1.07. The lowest BCUT2D eigenvalue weighted by molar-refractivity contribution is -0.255. The quantitative estimate of drug-likeness (QED) is 0.0394. The fraction of sp³-hybridized carbons (Fsp3) is 0.846. The molecule has 0 unspecified atom stereocenters. The van der Waals surface area contributed by atoms with Crippen LogP contribution >= 0.6 is 14.5 Å². The largest absolute Gasteiger partial charge is 0.545 e. The SMILES string of the molecule is CCCCCCCCCC[P+](CCCC)(CCCC)CCCC.CCCCCCCCCC[P+](CCCC)(CCCC)CCCC.O=C([O-])c1cccc(C(=O)[O-])c1S(=O)(=O)O. The van der Waals surface area contributed by atoms with Crippen LogP contribution in [0.15, 0.2) is 23.1 Å². The molecule has 0 radical (unpaired) electrons. The van der Waals surface area contributed by atoms with Gasteiger partial charge >= 0.3 is 0 Å². The molecule has 0 atom stereocenters. The predicted octanol–water partition coefficient (Wildman–Crippen LogP) is 14.8. The molecule has 0 aliphatic heterocycles. The average Bonchev–Trinajstić information content (AvgIpc) is 3.26. The zero-order chi connectivity index (χ0) is 47.0. The van der Waals surface area contributed by atoms with Crippen LogP contribution in [0.25, 0.3) is 0 Å². The molecule has 0 fully saturated rings. The summed E-state index contributed by atoms with van der Waals surface area (Å²) in [5.41, 5.74) is -1.88. The minimum atomic E-state index is -5.00. The molecule has 1 rings (SSSR count). The van der Waals surface area contributed by atoms with Crippen LogP contribution in [0.1, 0.15) is 256 Å². The summed E-state index contributed by atoms with van der Waals surface area (Å²) in [7, 11) is -6.22. The Bertz CT molecular complexity index is 1200. The van der Waals surface area contributed by atoms with E-state index in [1.807, 2.05) is 0 Å². The summed E-state index contributed by atoms with van der Waals surface area (Å²) in [6.45, 7) is 18.9. The molecule has 62 heavy (non-hydrogen) atoms. The zero-order valence-corrected chi connectivity index (χ0v) is 44.5. The van der Waals surface area contributed by atoms with E-state index in [1.165, 1.54) is 167 Å². The van der Waals surface area contributed by atoms with E-state index in [0.717, 1.165) is 18.2 Å². The molecule has 7 nitrogen and oxygen atoms in total. The van der Waals surface area contributed by atoms with E-state index in [4.69, 9.17) is 4.55 Å². The van der Waals surface area contributed by atoms with E-state index in [9.17, 15) is 28.2 Å². The van der Waals surface area contributed by atoms with Gasteiger partial charge < -0.3 is 19.8 Å². The highest BCUT2D eigenvalue weighted by Gasteiger charge is 2.35. The van der Waals surface area contributed by atoms with Gasteiger partial charge in [-0.15, -0.1) is 0 Å². The molecule has 0 bridgehead atoms. The van der Waals surface area contributed by atoms with Crippen molar-refractivity contribution in [3.05, 3.63) is 29.3 Å². The molecule has 0 saturated carbocycles. The fourth-order valence-electron chi connectivity index (χ4n) is 8.60. The minimum absolute atomic E-state index is 0.612. The number of rotatable bonds is 39. The number of unbranched alkanes of at least 4 members (excludes halogenated alkanes) is 20. The minimum Gasteiger partial charge on any atom is -0.545 e. The van der Waals surface area contributed by atoms with Gasteiger partial charge in [-0.3, -0.25) is 4.55 Å². The highest BCUT2D eigenvalue weighted by Crippen LogP contribution is 2.62. The number of carbonyl (C=O) groups excluding carboxylic acids is 2. The Kier molecular flexibility index (Phi) is 42.0. The molecule has 1 N–H and O–H groups in total. The Morgan fingerprint density at radius 1 is 0.403 bits per heavy atom. The molecule has 0 aliphatic rings. The average molecular weight is 931 g/mol. The van der Waals surface area contributed by atoms with Crippen molar-refractivity contribution in [3.8, 4) is 0 Å². The second kappa shape index (κ2) is 41.4. The van der Waals surface area contributed by atoms with Gasteiger partial charge in [0.05, 0.1) is 61.2 Å². The molecule has 0 aliphatic carbocycles. The summed E-state index contributed by atoms with van der Waals surface area (Å²) in [5.74, 6) is -3.84. The Balaban J connectivity index is 0. The molecule has 0 heterocycles. The first-order valence-electron chi connectivity index (χ1n) is 26.0. The molecule has 1 aromatic rings. The number of carboxylic acids is 2. The molecular formula is C52H100O7P2S. The number of benzene rings is 1. The van der Waals surface area contributed by atoms with E-state index < -0.39 is 52.6 Å². The Morgan fingerprint density at radius 3 is 0.823 bits per heavy atom. The summed E-state index contributed by atoms with van der Waals surface area (Å²) in [5, 5.41) is 21.1. The zero-order valence-electron chi connectivity index (χ0n) is 41.9. The van der Waals surface area contributed by atoms with Crippen molar-refractivity contribution in [1.29, 1.82) is 0 Å². The van der Waals surface area contributed by atoms with Crippen LogP contribution in [0.3, 0.4) is 0 Å². The van der Waals surface area contributed by atoms with Gasteiger partial charge in [0.2, 0.25) is 0 Å². The first kappa shape index (κ1) is 63.0. The number of carbonyl (C=O) groups is 2. The third-order valence-electron chi connectivity index (χ3n) is 12.6. The predicted molar refractivity (Wildman–Crippen MR) is 272 cm³/mol. The lowest BCUT2D eigenvalue weighted by atomic mass is 10.1. The standard InChI is InChI=1S/2C22H48P.C8H6O7S/c2*1-5-9-13-14-15-16-17-18-22-23(19-10-6-2,20-11-7-3)21-12-8-4;9-7(10)4-2-1-3-5(8(11)12)6(4)16(13,14)15/h2*5-22H2,1-4H3;1-3H,(H,9,10)(H,11,12)(H,13,14,15)/q2*+1;/p-2. The van der Waals surface area contributed by atoms with Gasteiger partial charge in [0.15, 0.2) is 0 Å². The van der Waals surface area contributed by atoms with Gasteiger partial charge in [0, 0.05) is 25.7 Å². The van der Waals surface area contributed by atoms with Gasteiger partial charge in [0.25, 0.3) is 10.1 Å². The molecular weight excluding hydrogens is 831 g/mol. The van der Waals surface area contributed by atoms with E-state index in [-0.39, 0.29) is 0 Å². The first-order chi connectivity index (χ1) is 29.7. The monoisotopic (exact) mass is 931 g/mol. The molecule has 0 amide bonds. The van der Waals surface area contributed by atoms with E-state index in [1.54, 1.807) is 62.1 Å². The van der Waals surface area contributed by atoms with E-state index in [2.05, 4.69) is 55.4 Å². The first-order valence-corrected chi connectivity index (χ1v) is 32.5. The molecule has 0 aromatic heterocycles. The highest BCUT2D eigenvalue weighted by atomic mass is 32.2. The maximum atomic E-state index is 10.9. The van der Waals surface area contributed by atoms with Crippen molar-refractivity contribution < 1.29 is 32.8 Å². The number of aromatic carboxylic acids is 2. The fourth-order valence-corrected chi connectivity index (χ4v) is 19.9. The maximum absolute atomic E-state index is 10.9. The molecule has 1 aromatic carbocycles. The molecule has 0 spiro atoms. The maximum Gasteiger partial charge on any atom is 0.295 e. The Labute approximate surface area is 386 Å². The van der Waals surface area contributed by atoms with Crippen molar-refractivity contribution in [3.63, 3.8) is 0 Å². The van der Waals surface area contributed by atoms with Crippen LogP contribution in [-0.4, -0.2) is 74.2 Å². The third-order valence-corrected chi connectivity index (χ3v) is 23.7. The van der Waals surface area contributed by atoms with Gasteiger partial charge in [-0.1, -0.05) is 189 Å². The molecule has 10 heteroatoms. The van der Waals surface area contributed by atoms with Crippen LogP contribution in [0, 0.1) is 0 Å². The van der Waals surface area contributed by atoms with Crippen LogP contribution in [0.2, 0.25) is 0 Å². The molecule has 0 saturated heterocycles.